The molecule has 0 saturated heterocycles. The van der Waals surface area contributed by atoms with Gasteiger partial charge in [0.2, 0.25) is 0 Å². The summed E-state index contributed by atoms with van der Waals surface area (Å²) in [5, 5.41) is 32.2. The first-order chi connectivity index (χ1) is 15.6. The molecule has 0 aliphatic heterocycles. The van der Waals surface area contributed by atoms with Crippen LogP contribution in [-0.2, 0) is 4.79 Å². The summed E-state index contributed by atoms with van der Waals surface area (Å²) in [4.78, 5) is 12.3. The van der Waals surface area contributed by atoms with Crippen molar-refractivity contribution in [2.45, 2.75) is 118 Å². The molecule has 34 heavy (non-hydrogen) atoms. The van der Waals surface area contributed by atoms with E-state index in [0.717, 1.165) is 38.5 Å². The summed E-state index contributed by atoms with van der Waals surface area (Å²) in [5.41, 5.74) is 0.706. The summed E-state index contributed by atoms with van der Waals surface area (Å²) in [6.07, 6.45) is 10.1. The molecule has 0 unspecified atom stereocenters. The van der Waals surface area contributed by atoms with E-state index in [-0.39, 0.29) is 39.1 Å². The zero-order valence-corrected chi connectivity index (χ0v) is 22.6. The number of carboxylic acids is 1. The fraction of sp³-hybridized carbons (Fsp3) is 0.900. The van der Waals surface area contributed by atoms with Gasteiger partial charge in [-0.3, -0.25) is 4.79 Å². The van der Waals surface area contributed by atoms with E-state index >= 15 is 0 Å². The fourth-order valence-electron chi connectivity index (χ4n) is 10.6. The first-order valence-corrected chi connectivity index (χ1v) is 13.9. The van der Waals surface area contributed by atoms with Crippen LogP contribution in [-0.4, -0.2) is 33.5 Å². The van der Waals surface area contributed by atoms with Crippen LogP contribution in [0, 0.1) is 50.2 Å². The third-order valence-electron chi connectivity index (χ3n) is 13.4. The normalized spacial score (nSPS) is 56.3. The van der Waals surface area contributed by atoms with Gasteiger partial charge in [-0.15, -0.1) is 0 Å². The van der Waals surface area contributed by atoms with E-state index < -0.39 is 17.5 Å². The average molecular weight is 473 g/mol. The highest BCUT2D eigenvalue weighted by Crippen LogP contribution is 2.75. The van der Waals surface area contributed by atoms with E-state index in [1.165, 1.54) is 12.0 Å². The van der Waals surface area contributed by atoms with Crippen LogP contribution in [0.3, 0.4) is 0 Å². The Labute approximate surface area is 206 Å². The van der Waals surface area contributed by atoms with Crippen LogP contribution < -0.4 is 0 Å². The Morgan fingerprint density at radius 2 is 1.50 bits per heavy atom. The molecule has 0 bridgehead atoms. The number of aliphatic hydroxyl groups is 2. The van der Waals surface area contributed by atoms with Crippen molar-refractivity contribution in [1.29, 1.82) is 0 Å². The number of aliphatic carboxylic acids is 1. The number of carbonyl (C=O) groups is 1. The minimum absolute atomic E-state index is 0.0325. The van der Waals surface area contributed by atoms with E-state index in [1.54, 1.807) is 0 Å². The molecule has 192 valence electrons. The molecule has 0 aromatic rings. The van der Waals surface area contributed by atoms with Crippen molar-refractivity contribution in [3.05, 3.63) is 11.6 Å². The van der Waals surface area contributed by atoms with Crippen LogP contribution in [0.25, 0.3) is 0 Å². The summed E-state index contributed by atoms with van der Waals surface area (Å²) in [6, 6.07) is 0. The summed E-state index contributed by atoms with van der Waals surface area (Å²) < 4.78 is 0. The monoisotopic (exact) mass is 472 g/mol. The van der Waals surface area contributed by atoms with Gasteiger partial charge in [-0.2, -0.15) is 0 Å². The van der Waals surface area contributed by atoms with E-state index in [4.69, 9.17) is 0 Å². The standard InChI is InChI=1S/C30H48O4/c1-25(2)20-10-13-30(7)21(28(20,5)12-11-22(25)31)9-8-18-19-16-26(3,24(33)34)17-23(32)27(19,4)14-15-29(18,30)6/h8,19-23,31-32H,9-17H2,1-7H3,(H,33,34)/t19-,20+,21-,22+,23+,26-,27-,28+,29-,30-/m1/s1. The number of fused-ring (bicyclic) bond motifs is 7. The van der Waals surface area contributed by atoms with E-state index in [1.807, 2.05) is 6.92 Å². The Kier molecular flexibility index (Phi) is 5.20. The maximum atomic E-state index is 12.3. The number of hydrogen-bond donors (Lipinski definition) is 3. The molecule has 0 radical (unpaired) electrons. The topological polar surface area (TPSA) is 77.8 Å². The lowest BCUT2D eigenvalue weighted by atomic mass is 9.33. The van der Waals surface area contributed by atoms with Gasteiger partial charge in [-0.05, 0) is 104 Å². The Morgan fingerprint density at radius 1 is 0.824 bits per heavy atom. The Hall–Kier alpha value is -0.870. The third kappa shape index (κ3) is 2.82. The van der Waals surface area contributed by atoms with Gasteiger partial charge in [0.05, 0.1) is 17.6 Å². The number of allylic oxidation sites excluding steroid dienone is 2. The van der Waals surface area contributed by atoms with E-state index in [2.05, 4.69) is 47.6 Å². The number of rotatable bonds is 1. The smallest absolute Gasteiger partial charge is 0.309 e. The predicted octanol–water partition coefficient (Wildman–Crippen LogP) is 6.20. The van der Waals surface area contributed by atoms with Crippen molar-refractivity contribution in [2.24, 2.45) is 50.2 Å². The van der Waals surface area contributed by atoms with Crippen LogP contribution >= 0.6 is 0 Å². The summed E-state index contributed by atoms with van der Waals surface area (Å²) in [6.45, 7) is 16.2. The first kappa shape index (κ1) is 24.8. The summed E-state index contributed by atoms with van der Waals surface area (Å²) >= 11 is 0. The van der Waals surface area contributed by atoms with Gasteiger partial charge in [0, 0.05) is 5.41 Å². The van der Waals surface area contributed by atoms with Crippen LogP contribution in [0.2, 0.25) is 0 Å². The lowest BCUT2D eigenvalue weighted by molar-refractivity contribution is -0.208. The van der Waals surface area contributed by atoms with E-state index in [9.17, 15) is 20.1 Å². The fourth-order valence-corrected chi connectivity index (χ4v) is 10.6. The molecule has 3 N–H and O–H groups in total. The molecule has 10 atom stereocenters. The molecule has 5 aliphatic rings. The second-order valence-corrected chi connectivity index (χ2v) is 15.0. The Morgan fingerprint density at radius 3 is 2.15 bits per heavy atom. The predicted molar refractivity (Wildman–Crippen MR) is 134 cm³/mol. The second kappa shape index (κ2) is 7.12. The van der Waals surface area contributed by atoms with Gasteiger partial charge in [0.15, 0.2) is 0 Å². The van der Waals surface area contributed by atoms with Crippen molar-refractivity contribution in [1.82, 2.24) is 0 Å². The van der Waals surface area contributed by atoms with Crippen molar-refractivity contribution in [2.75, 3.05) is 0 Å². The highest BCUT2D eigenvalue weighted by molar-refractivity contribution is 5.74. The maximum absolute atomic E-state index is 12.3. The quantitative estimate of drug-likeness (QED) is 0.397. The third-order valence-corrected chi connectivity index (χ3v) is 13.4. The molecule has 5 aliphatic carbocycles. The maximum Gasteiger partial charge on any atom is 0.309 e. The van der Waals surface area contributed by atoms with Crippen LogP contribution in [0.1, 0.15) is 106 Å². The molecule has 0 aromatic heterocycles. The lowest BCUT2D eigenvalue weighted by Gasteiger charge is -2.71. The van der Waals surface area contributed by atoms with Crippen molar-refractivity contribution < 1.29 is 20.1 Å². The lowest BCUT2D eigenvalue weighted by Crippen LogP contribution is -2.65. The summed E-state index contributed by atoms with van der Waals surface area (Å²) in [5.74, 6) is 0.463. The van der Waals surface area contributed by atoms with Crippen molar-refractivity contribution in [3.8, 4) is 0 Å². The van der Waals surface area contributed by atoms with Gasteiger partial charge < -0.3 is 15.3 Å². The zero-order chi connectivity index (χ0) is 25.1. The molecular formula is C30H48O4. The highest BCUT2D eigenvalue weighted by Gasteiger charge is 2.69. The summed E-state index contributed by atoms with van der Waals surface area (Å²) in [7, 11) is 0. The number of carboxylic acid groups (broad SMARTS) is 1. The average Bonchev–Trinajstić information content (AvgIpc) is 2.73. The van der Waals surface area contributed by atoms with Crippen LogP contribution in [0.15, 0.2) is 11.6 Å². The van der Waals surface area contributed by atoms with Gasteiger partial charge in [0.25, 0.3) is 0 Å². The highest BCUT2D eigenvalue weighted by atomic mass is 16.4. The SMILES string of the molecule is CC1(C)[C@@H](O)CC[C@]2(C)[C@H]3CC=C4[C@H]5C[C@@](C)(C(=O)O)C[C@H](O)[C@]5(C)CC[C@@]4(C)[C@]3(C)CC[C@@H]12. The van der Waals surface area contributed by atoms with Crippen molar-refractivity contribution in [3.63, 3.8) is 0 Å². The minimum Gasteiger partial charge on any atom is -0.481 e. The van der Waals surface area contributed by atoms with Crippen LogP contribution in [0.5, 0.6) is 0 Å². The number of aliphatic hydroxyl groups excluding tert-OH is 2. The second-order valence-electron chi connectivity index (χ2n) is 15.0. The zero-order valence-electron chi connectivity index (χ0n) is 22.6. The molecule has 0 aromatic carbocycles. The molecule has 4 fully saturated rings. The van der Waals surface area contributed by atoms with Gasteiger partial charge >= 0.3 is 5.97 Å². The molecule has 0 spiro atoms. The first-order valence-electron chi connectivity index (χ1n) is 13.9. The molecule has 4 heteroatoms. The largest absolute Gasteiger partial charge is 0.481 e. The minimum atomic E-state index is -0.867. The molecule has 4 saturated carbocycles. The number of hydrogen-bond acceptors (Lipinski definition) is 3. The molecule has 5 rings (SSSR count). The van der Waals surface area contributed by atoms with Gasteiger partial charge in [-0.25, -0.2) is 0 Å². The molecule has 0 heterocycles. The molecule has 4 nitrogen and oxygen atoms in total. The Balaban J connectivity index is 1.59. The van der Waals surface area contributed by atoms with Gasteiger partial charge in [0.1, 0.15) is 0 Å². The molecule has 0 amide bonds. The Bertz CT molecular complexity index is 923. The van der Waals surface area contributed by atoms with E-state index in [0.29, 0.717) is 24.7 Å². The molecular weight excluding hydrogens is 424 g/mol. The van der Waals surface area contributed by atoms with Crippen molar-refractivity contribution >= 4 is 5.97 Å². The van der Waals surface area contributed by atoms with Gasteiger partial charge in [-0.1, -0.05) is 53.2 Å². The van der Waals surface area contributed by atoms with Crippen LogP contribution in [0.4, 0.5) is 0 Å².